The third-order valence-electron chi connectivity index (χ3n) is 7.20. The summed E-state index contributed by atoms with van der Waals surface area (Å²) >= 11 is 6.41. The first-order valence-corrected chi connectivity index (χ1v) is 13.5. The van der Waals surface area contributed by atoms with E-state index in [1.54, 1.807) is 18.6 Å². The first-order chi connectivity index (χ1) is 20.1. The highest BCUT2D eigenvalue weighted by atomic mass is 35.5. The van der Waals surface area contributed by atoms with Crippen molar-refractivity contribution in [1.82, 2.24) is 40.0 Å². The van der Waals surface area contributed by atoms with Crippen LogP contribution < -0.4 is 5.32 Å². The average Bonchev–Trinajstić information content (AvgIpc) is 3.64. The molecule has 14 heteroatoms. The number of amides is 1. The van der Waals surface area contributed by atoms with Gasteiger partial charge < -0.3 is 10.2 Å². The SMILES string of the molecule is CN1CCN(Cc2ccc(NC(=O)c3ccc(Cl)c(-n4cc(-c5cnc6[nH]ncc6c5)nn4)c3)cc2C(F)(F)F)CC1. The van der Waals surface area contributed by atoms with Crippen molar-refractivity contribution in [2.75, 3.05) is 38.5 Å². The Morgan fingerprint density at radius 2 is 1.88 bits per heavy atom. The normalized spacial score (nSPS) is 14.9. The van der Waals surface area contributed by atoms with Crippen molar-refractivity contribution in [1.29, 1.82) is 0 Å². The third-order valence-corrected chi connectivity index (χ3v) is 7.52. The smallest absolute Gasteiger partial charge is 0.322 e. The van der Waals surface area contributed by atoms with Gasteiger partial charge in [-0.1, -0.05) is 22.9 Å². The number of benzene rings is 2. The fourth-order valence-electron chi connectivity index (χ4n) is 4.83. The van der Waals surface area contributed by atoms with Crippen LogP contribution in [0.25, 0.3) is 28.0 Å². The topological polar surface area (TPSA) is 108 Å². The molecule has 2 N–H and O–H groups in total. The van der Waals surface area contributed by atoms with Gasteiger partial charge in [0.2, 0.25) is 0 Å². The lowest BCUT2D eigenvalue weighted by Crippen LogP contribution is -2.44. The van der Waals surface area contributed by atoms with E-state index in [-0.39, 0.29) is 23.4 Å². The second kappa shape index (κ2) is 11.2. The molecule has 1 amide bonds. The maximum Gasteiger partial charge on any atom is 0.416 e. The lowest BCUT2D eigenvalue weighted by atomic mass is 10.0. The number of carbonyl (C=O) groups excluding carboxylic acids is 1. The maximum absolute atomic E-state index is 14.0. The standard InChI is InChI=1S/C28H25ClF3N9O/c1-39-6-8-40(9-7-39)15-18-2-4-21(12-22(18)28(30,31)32)35-27(42)17-3-5-23(29)25(11-17)41-16-24(36-38-41)19-10-20-14-34-37-26(20)33-13-19/h2-5,10-14,16H,6-9,15H2,1H3,(H,35,42)(H,33,34,37). The number of anilines is 1. The number of carbonyl (C=O) groups is 1. The number of pyridine rings is 1. The van der Waals surface area contributed by atoms with Crippen LogP contribution in [0.1, 0.15) is 21.5 Å². The fraction of sp³-hybridized carbons (Fsp3) is 0.250. The molecule has 1 saturated heterocycles. The number of aromatic nitrogens is 6. The van der Waals surface area contributed by atoms with Crippen molar-refractivity contribution in [3.8, 4) is 16.9 Å². The highest BCUT2D eigenvalue weighted by molar-refractivity contribution is 6.32. The quantitative estimate of drug-likeness (QED) is 0.288. The van der Waals surface area contributed by atoms with Crippen LogP contribution in [0, 0.1) is 0 Å². The average molecular weight is 596 g/mol. The summed E-state index contributed by atoms with van der Waals surface area (Å²) in [6, 6.07) is 10.3. The zero-order valence-corrected chi connectivity index (χ0v) is 23.1. The van der Waals surface area contributed by atoms with Gasteiger partial charge in [0.15, 0.2) is 5.65 Å². The number of alkyl halides is 3. The van der Waals surface area contributed by atoms with Crippen LogP contribution in [0.5, 0.6) is 0 Å². The molecule has 216 valence electrons. The number of nitrogens with zero attached hydrogens (tertiary/aromatic N) is 7. The van der Waals surface area contributed by atoms with Crippen LogP contribution in [0.4, 0.5) is 18.9 Å². The summed E-state index contributed by atoms with van der Waals surface area (Å²) in [7, 11) is 1.99. The third kappa shape index (κ3) is 5.84. The number of hydrogen-bond acceptors (Lipinski definition) is 7. The number of aromatic amines is 1. The van der Waals surface area contributed by atoms with Gasteiger partial charge in [0, 0.05) is 61.1 Å². The molecule has 0 radical (unpaired) electrons. The van der Waals surface area contributed by atoms with E-state index in [0.717, 1.165) is 24.5 Å². The predicted molar refractivity (Wildman–Crippen MR) is 151 cm³/mol. The number of halogens is 4. The molecule has 42 heavy (non-hydrogen) atoms. The molecule has 1 aliphatic heterocycles. The Kier molecular flexibility index (Phi) is 7.39. The Balaban J connectivity index is 1.22. The molecule has 6 rings (SSSR count). The number of likely N-dealkylation sites (N-methyl/N-ethyl adjacent to an activating group) is 1. The molecule has 2 aromatic carbocycles. The highest BCUT2D eigenvalue weighted by Crippen LogP contribution is 2.35. The minimum atomic E-state index is -4.57. The second-order valence-electron chi connectivity index (χ2n) is 10.1. The van der Waals surface area contributed by atoms with Crippen molar-refractivity contribution in [2.45, 2.75) is 12.7 Å². The number of piperazine rings is 1. The van der Waals surface area contributed by atoms with E-state index in [1.807, 2.05) is 18.0 Å². The molecule has 0 saturated carbocycles. The summed E-state index contributed by atoms with van der Waals surface area (Å²) in [6.45, 7) is 3.16. The van der Waals surface area contributed by atoms with Crippen LogP contribution >= 0.6 is 11.6 Å². The largest absolute Gasteiger partial charge is 0.416 e. The number of H-pyrrole nitrogens is 1. The van der Waals surface area contributed by atoms with Crippen LogP contribution in [0.15, 0.2) is 61.1 Å². The molecule has 0 spiro atoms. The fourth-order valence-corrected chi connectivity index (χ4v) is 5.03. The molecule has 4 heterocycles. The zero-order valence-electron chi connectivity index (χ0n) is 22.4. The number of nitrogens with one attached hydrogen (secondary N) is 2. The van der Waals surface area contributed by atoms with Crippen LogP contribution in [0.2, 0.25) is 5.02 Å². The number of rotatable bonds is 6. The Bertz CT molecular complexity index is 1760. The lowest BCUT2D eigenvalue weighted by Gasteiger charge is -2.33. The Hall–Kier alpha value is -4.33. The summed E-state index contributed by atoms with van der Waals surface area (Å²) in [5.41, 5.74) is 1.86. The molecular formula is C28H25ClF3N9O. The minimum absolute atomic E-state index is 0.0381. The number of fused-ring (bicyclic) bond motifs is 1. The van der Waals surface area contributed by atoms with Crippen molar-refractivity contribution >= 4 is 34.2 Å². The van der Waals surface area contributed by atoms with Gasteiger partial charge in [-0.15, -0.1) is 5.10 Å². The van der Waals surface area contributed by atoms with E-state index in [1.165, 1.54) is 35.0 Å². The first-order valence-electron chi connectivity index (χ1n) is 13.1. The van der Waals surface area contributed by atoms with Crippen LogP contribution in [-0.4, -0.2) is 79.1 Å². The second-order valence-corrected chi connectivity index (χ2v) is 10.6. The molecule has 1 fully saturated rings. The maximum atomic E-state index is 14.0. The van der Waals surface area contributed by atoms with Crippen molar-refractivity contribution in [2.24, 2.45) is 0 Å². The summed E-state index contributed by atoms with van der Waals surface area (Å²) < 4.78 is 43.4. The van der Waals surface area contributed by atoms with E-state index in [0.29, 0.717) is 40.7 Å². The van der Waals surface area contributed by atoms with Gasteiger partial charge >= 0.3 is 6.18 Å². The zero-order chi connectivity index (χ0) is 29.4. The van der Waals surface area contributed by atoms with Crippen LogP contribution in [-0.2, 0) is 12.7 Å². The lowest BCUT2D eigenvalue weighted by molar-refractivity contribution is -0.138. The van der Waals surface area contributed by atoms with E-state index in [2.05, 4.69) is 35.7 Å². The monoisotopic (exact) mass is 595 g/mol. The first kappa shape index (κ1) is 27.8. The van der Waals surface area contributed by atoms with Gasteiger partial charge in [-0.3, -0.25) is 14.8 Å². The van der Waals surface area contributed by atoms with Gasteiger partial charge in [-0.25, -0.2) is 9.67 Å². The van der Waals surface area contributed by atoms with E-state index in [9.17, 15) is 18.0 Å². The van der Waals surface area contributed by atoms with Crippen molar-refractivity contribution in [3.05, 3.63) is 82.8 Å². The molecule has 10 nitrogen and oxygen atoms in total. The molecule has 0 aliphatic carbocycles. The Morgan fingerprint density at radius 1 is 1.07 bits per heavy atom. The number of hydrogen-bond donors (Lipinski definition) is 2. The molecule has 0 unspecified atom stereocenters. The van der Waals surface area contributed by atoms with Gasteiger partial charge in [0.1, 0.15) is 5.69 Å². The Labute approximate surface area is 243 Å². The molecule has 1 aliphatic rings. The Morgan fingerprint density at radius 3 is 2.67 bits per heavy atom. The summed E-state index contributed by atoms with van der Waals surface area (Å²) in [5, 5.41) is 18.8. The molecule has 3 aromatic heterocycles. The van der Waals surface area contributed by atoms with Gasteiger partial charge in [0.25, 0.3) is 5.91 Å². The predicted octanol–water partition coefficient (Wildman–Crippen LogP) is 4.88. The summed E-state index contributed by atoms with van der Waals surface area (Å²) in [6.07, 6.45) is 0.346. The summed E-state index contributed by atoms with van der Waals surface area (Å²) in [4.78, 5) is 21.6. The summed E-state index contributed by atoms with van der Waals surface area (Å²) in [5.74, 6) is -0.595. The van der Waals surface area contributed by atoms with E-state index in [4.69, 9.17) is 11.6 Å². The van der Waals surface area contributed by atoms with Crippen molar-refractivity contribution < 1.29 is 18.0 Å². The molecule has 5 aromatic rings. The van der Waals surface area contributed by atoms with Crippen LogP contribution in [0.3, 0.4) is 0 Å². The van der Waals surface area contributed by atoms with Gasteiger partial charge in [-0.2, -0.15) is 18.3 Å². The molecular weight excluding hydrogens is 571 g/mol. The van der Waals surface area contributed by atoms with E-state index < -0.39 is 17.6 Å². The highest BCUT2D eigenvalue weighted by Gasteiger charge is 2.34. The van der Waals surface area contributed by atoms with Gasteiger partial charge in [0.05, 0.1) is 28.7 Å². The molecule has 0 bridgehead atoms. The molecule has 0 atom stereocenters. The minimum Gasteiger partial charge on any atom is -0.322 e. The van der Waals surface area contributed by atoms with Crippen molar-refractivity contribution in [3.63, 3.8) is 0 Å². The van der Waals surface area contributed by atoms with Gasteiger partial charge in [-0.05, 0) is 49.0 Å². The van der Waals surface area contributed by atoms with E-state index >= 15 is 0 Å².